The first kappa shape index (κ1) is 16.8. The van der Waals surface area contributed by atoms with E-state index in [1.165, 1.54) is 24.3 Å². The van der Waals surface area contributed by atoms with E-state index in [0.29, 0.717) is 20.6 Å². The first-order valence-electron chi connectivity index (χ1n) is 6.05. The fraction of sp³-hybridized carbons (Fsp3) is 0.133. The van der Waals surface area contributed by atoms with Crippen LogP contribution in [0.4, 0.5) is 13.2 Å². The number of hydrogen-bond acceptors (Lipinski definition) is 2. The summed E-state index contributed by atoms with van der Waals surface area (Å²) in [5, 5.41) is 0.297. The molecule has 22 heavy (non-hydrogen) atoms. The number of hydrogen-bond donors (Lipinski definition) is 0. The molecule has 0 fully saturated rings. The SMILES string of the molecule is O=C(c1ccc(OCC(F)(F)F)cc1)c1cc(Br)ccc1Cl. The van der Waals surface area contributed by atoms with Gasteiger partial charge in [-0.2, -0.15) is 13.2 Å². The third kappa shape index (κ3) is 4.48. The van der Waals surface area contributed by atoms with Gasteiger partial charge in [0.1, 0.15) is 5.75 Å². The minimum atomic E-state index is -4.40. The van der Waals surface area contributed by atoms with Gasteiger partial charge >= 0.3 is 6.18 Å². The molecular formula is C15H9BrClF3O2. The lowest BCUT2D eigenvalue weighted by atomic mass is 10.0. The molecule has 0 aliphatic heterocycles. The second-order valence-corrected chi connectivity index (χ2v) is 5.70. The molecule has 2 aromatic rings. The van der Waals surface area contributed by atoms with Crippen LogP contribution in [0.15, 0.2) is 46.9 Å². The number of rotatable bonds is 4. The van der Waals surface area contributed by atoms with E-state index in [1.807, 2.05) is 0 Å². The zero-order valence-corrected chi connectivity index (χ0v) is 13.3. The van der Waals surface area contributed by atoms with Gasteiger partial charge in [0.2, 0.25) is 0 Å². The summed E-state index contributed by atoms with van der Waals surface area (Å²) in [7, 11) is 0. The molecule has 0 saturated carbocycles. The Morgan fingerprint density at radius 3 is 2.36 bits per heavy atom. The molecule has 0 amide bonds. The fourth-order valence-corrected chi connectivity index (χ4v) is 2.26. The molecule has 0 aliphatic rings. The molecule has 2 nitrogen and oxygen atoms in total. The van der Waals surface area contributed by atoms with E-state index < -0.39 is 12.8 Å². The molecule has 0 spiro atoms. The van der Waals surface area contributed by atoms with Crippen molar-refractivity contribution in [3.63, 3.8) is 0 Å². The van der Waals surface area contributed by atoms with Gasteiger partial charge in [0.25, 0.3) is 0 Å². The highest BCUT2D eigenvalue weighted by molar-refractivity contribution is 9.10. The zero-order chi connectivity index (χ0) is 16.3. The van der Waals surface area contributed by atoms with Crippen molar-refractivity contribution < 1.29 is 22.7 Å². The first-order chi connectivity index (χ1) is 10.3. The molecule has 0 unspecified atom stereocenters. The van der Waals surface area contributed by atoms with Gasteiger partial charge in [-0.25, -0.2) is 0 Å². The number of alkyl halides is 3. The van der Waals surface area contributed by atoms with Crippen LogP contribution in [0.3, 0.4) is 0 Å². The van der Waals surface area contributed by atoms with Crippen LogP contribution in [0.25, 0.3) is 0 Å². The number of halogens is 5. The Kier molecular flexibility index (Phi) is 5.13. The molecule has 2 aromatic carbocycles. The number of ether oxygens (including phenoxy) is 1. The predicted octanol–water partition coefficient (Wildman–Crippen LogP) is 5.27. The van der Waals surface area contributed by atoms with Crippen LogP contribution in [-0.4, -0.2) is 18.6 Å². The van der Waals surface area contributed by atoms with E-state index in [1.54, 1.807) is 18.2 Å². The fourth-order valence-electron chi connectivity index (χ4n) is 1.69. The highest BCUT2D eigenvalue weighted by Crippen LogP contribution is 2.25. The molecule has 116 valence electrons. The number of ketones is 1. The van der Waals surface area contributed by atoms with Crippen molar-refractivity contribution >= 4 is 33.3 Å². The third-order valence-corrected chi connectivity index (χ3v) is 3.51. The predicted molar refractivity (Wildman–Crippen MR) is 80.6 cm³/mol. The third-order valence-electron chi connectivity index (χ3n) is 2.69. The van der Waals surface area contributed by atoms with Gasteiger partial charge in [-0.3, -0.25) is 4.79 Å². The minimum absolute atomic E-state index is 0.0363. The molecule has 0 saturated heterocycles. The van der Waals surface area contributed by atoms with Crippen molar-refractivity contribution in [3.05, 3.63) is 63.1 Å². The van der Waals surface area contributed by atoms with Crippen molar-refractivity contribution in [3.8, 4) is 5.75 Å². The van der Waals surface area contributed by atoms with Crippen molar-refractivity contribution in [2.24, 2.45) is 0 Å². The Labute approximate surface area is 138 Å². The molecule has 7 heteroatoms. The second-order valence-electron chi connectivity index (χ2n) is 4.38. The average Bonchev–Trinajstić information content (AvgIpc) is 2.47. The monoisotopic (exact) mass is 392 g/mol. The molecule has 0 bridgehead atoms. The van der Waals surface area contributed by atoms with Gasteiger partial charge in [0.15, 0.2) is 12.4 Å². The summed E-state index contributed by atoms with van der Waals surface area (Å²) in [6, 6.07) is 10.3. The van der Waals surface area contributed by atoms with Gasteiger partial charge in [-0.1, -0.05) is 27.5 Å². The molecule has 2 rings (SSSR count). The summed E-state index contributed by atoms with van der Waals surface area (Å²) in [5.74, 6) is -0.289. The van der Waals surface area contributed by atoms with Crippen LogP contribution in [-0.2, 0) is 0 Å². The topological polar surface area (TPSA) is 26.3 Å². The van der Waals surface area contributed by atoms with E-state index in [2.05, 4.69) is 20.7 Å². The Balaban J connectivity index is 2.16. The van der Waals surface area contributed by atoms with E-state index in [4.69, 9.17) is 11.6 Å². The van der Waals surface area contributed by atoms with Crippen LogP contribution in [0.5, 0.6) is 5.75 Å². The van der Waals surface area contributed by atoms with Crippen LogP contribution in [0.2, 0.25) is 5.02 Å². The number of carbonyl (C=O) groups excluding carboxylic acids is 1. The summed E-state index contributed by atoms with van der Waals surface area (Å²) in [6.07, 6.45) is -4.40. The maximum atomic E-state index is 12.3. The van der Waals surface area contributed by atoms with Crippen LogP contribution >= 0.6 is 27.5 Å². The lowest BCUT2D eigenvalue weighted by molar-refractivity contribution is -0.153. The average molecular weight is 394 g/mol. The van der Waals surface area contributed by atoms with E-state index in [9.17, 15) is 18.0 Å². The van der Waals surface area contributed by atoms with Crippen LogP contribution in [0.1, 0.15) is 15.9 Å². The molecule has 0 aliphatic carbocycles. The van der Waals surface area contributed by atoms with Gasteiger partial charge in [0.05, 0.1) is 5.02 Å². The summed E-state index contributed by atoms with van der Waals surface area (Å²) in [4.78, 5) is 12.3. The van der Waals surface area contributed by atoms with Crippen molar-refractivity contribution in [2.75, 3.05) is 6.61 Å². The lowest BCUT2D eigenvalue weighted by Gasteiger charge is -2.09. The Hall–Kier alpha value is -1.53. The van der Waals surface area contributed by atoms with Gasteiger partial charge in [0, 0.05) is 15.6 Å². The number of carbonyl (C=O) groups is 1. The number of benzene rings is 2. The van der Waals surface area contributed by atoms with Gasteiger partial charge < -0.3 is 4.74 Å². The largest absolute Gasteiger partial charge is 0.484 e. The van der Waals surface area contributed by atoms with Crippen molar-refractivity contribution in [1.29, 1.82) is 0 Å². The quantitative estimate of drug-likeness (QED) is 0.661. The Morgan fingerprint density at radius 1 is 1.14 bits per heavy atom. The molecule has 0 aromatic heterocycles. The van der Waals surface area contributed by atoms with Gasteiger partial charge in [-0.15, -0.1) is 0 Å². The maximum Gasteiger partial charge on any atom is 0.422 e. The Bertz CT molecular complexity index is 684. The van der Waals surface area contributed by atoms with E-state index in [0.717, 1.165) is 0 Å². The molecule has 0 N–H and O–H groups in total. The first-order valence-corrected chi connectivity index (χ1v) is 7.23. The van der Waals surface area contributed by atoms with Crippen molar-refractivity contribution in [2.45, 2.75) is 6.18 Å². The van der Waals surface area contributed by atoms with Crippen LogP contribution < -0.4 is 4.74 Å². The van der Waals surface area contributed by atoms with E-state index >= 15 is 0 Å². The lowest BCUT2D eigenvalue weighted by Crippen LogP contribution is -2.19. The van der Waals surface area contributed by atoms with Crippen molar-refractivity contribution in [1.82, 2.24) is 0 Å². The summed E-state index contributed by atoms with van der Waals surface area (Å²) < 4.78 is 41.4. The molecule has 0 heterocycles. The molecule has 0 radical (unpaired) electrons. The summed E-state index contributed by atoms with van der Waals surface area (Å²) in [5.41, 5.74) is 0.611. The maximum absolute atomic E-state index is 12.3. The summed E-state index contributed by atoms with van der Waals surface area (Å²) in [6.45, 7) is -1.38. The highest BCUT2D eigenvalue weighted by atomic mass is 79.9. The normalized spacial score (nSPS) is 11.3. The molecule has 0 atom stereocenters. The smallest absolute Gasteiger partial charge is 0.422 e. The van der Waals surface area contributed by atoms with Gasteiger partial charge in [-0.05, 0) is 42.5 Å². The Morgan fingerprint density at radius 2 is 1.77 bits per heavy atom. The van der Waals surface area contributed by atoms with E-state index in [-0.39, 0.29) is 11.5 Å². The second kappa shape index (κ2) is 6.71. The standard InChI is InChI=1S/C15H9BrClF3O2/c16-10-3-6-13(17)12(7-10)14(21)9-1-4-11(5-2-9)22-8-15(18,19)20/h1-7H,8H2. The van der Waals surface area contributed by atoms with Crippen LogP contribution in [0, 0.1) is 0 Å². The zero-order valence-electron chi connectivity index (χ0n) is 11.0. The highest BCUT2D eigenvalue weighted by Gasteiger charge is 2.28. The molecular weight excluding hydrogens is 385 g/mol. The summed E-state index contributed by atoms with van der Waals surface area (Å²) >= 11 is 9.23. The minimum Gasteiger partial charge on any atom is -0.484 e.